The van der Waals surface area contributed by atoms with Gasteiger partial charge in [-0.15, -0.1) is 0 Å². The molecule has 0 saturated heterocycles. The Morgan fingerprint density at radius 3 is 1.94 bits per heavy atom. The van der Waals surface area contributed by atoms with E-state index >= 15 is 0 Å². The fraction of sp³-hybridized carbons (Fsp3) is 0.0238. The second-order valence-corrected chi connectivity index (χ2v) is 12.0. The van der Waals surface area contributed by atoms with Crippen LogP contribution in [0.3, 0.4) is 0 Å². The predicted octanol–water partition coefficient (Wildman–Crippen LogP) is 10.2. The molecular weight excluding hydrogens is 592 g/mol. The Morgan fingerprint density at radius 1 is 0.479 bits per heavy atom. The average Bonchev–Trinajstić information content (AvgIpc) is 3.73. The van der Waals surface area contributed by atoms with Crippen molar-refractivity contribution < 1.29 is 8.83 Å². The highest BCUT2D eigenvalue weighted by Gasteiger charge is 2.24. The number of nitrogens with one attached hydrogen (secondary N) is 1. The first-order chi connectivity index (χ1) is 23.8. The second kappa shape index (κ2) is 10.5. The molecule has 0 bridgehead atoms. The summed E-state index contributed by atoms with van der Waals surface area (Å²) in [4.78, 5) is 15.2. The molecule has 0 amide bonds. The number of aliphatic imine (C=N–C) groups is 2. The zero-order valence-electron chi connectivity index (χ0n) is 25.6. The lowest BCUT2D eigenvalue weighted by atomic mass is 10.0. The molecule has 0 fully saturated rings. The monoisotopic (exact) mass is 618 g/mol. The van der Waals surface area contributed by atoms with Crippen LogP contribution in [0.5, 0.6) is 0 Å². The summed E-state index contributed by atoms with van der Waals surface area (Å²) < 4.78 is 12.8. The van der Waals surface area contributed by atoms with Crippen molar-refractivity contribution in [1.29, 1.82) is 0 Å². The van der Waals surface area contributed by atoms with Crippen LogP contribution in [-0.2, 0) is 0 Å². The van der Waals surface area contributed by atoms with Gasteiger partial charge in [0, 0.05) is 56.1 Å². The first-order valence-electron chi connectivity index (χ1n) is 16.0. The topological polar surface area (TPSA) is 75.9 Å². The number of furan rings is 2. The second-order valence-electron chi connectivity index (χ2n) is 12.0. The molecule has 1 N–H and O–H groups in total. The molecule has 0 spiro atoms. The summed E-state index contributed by atoms with van der Waals surface area (Å²) in [7, 11) is 0. The summed E-state index contributed by atoms with van der Waals surface area (Å²) in [5.41, 5.74) is 7.96. The molecule has 0 atom stereocenters. The van der Waals surface area contributed by atoms with Gasteiger partial charge >= 0.3 is 0 Å². The van der Waals surface area contributed by atoms with E-state index in [1.54, 1.807) is 0 Å². The lowest BCUT2D eigenvalue weighted by Crippen LogP contribution is -2.36. The summed E-state index contributed by atoms with van der Waals surface area (Å²) in [6.45, 7) is 0. The van der Waals surface area contributed by atoms with Crippen molar-refractivity contribution in [2.75, 3.05) is 0 Å². The number of rotatable bonds is 4. The number of aromatic nitrogens is 1. The molecule has 1 aliphatic rings. The Labute approximate surface area is 274 Å². The number of hydrogen-bond donors (Lipinski definition) is 1. The maximum atomic E-state index is 6.48. The van der Waals surface area contributed by atoms with Crippen molar-refractivity contribution in [3.05, 3.63) is 162 Å². The van der Waals surface area contributed by atoms with Crippen molar-refractivity contribution in [2.24, 2.45) is 9.98 Å². The van der Waals surface area contributed by atoms with E-state index in [0.717, 1.165) is 83.5 Å². The zero-order valence-corrected chi connectivity index (χ0v) is 25.6. The molecular formula is C42H26N4O2. The number of pyridine rings is 1. The molecule has 9 aromatic rings. The Balaban J connectivity index is 1.09. The van der Waals surface area contributed by atoms with Crippen LogP contribution in [0.15, 0.2) is 165 Å². The highest BCUT2D eigenvalue weighted by atomic mass is 16.3. The Hall–Kier alpha value is -6.53. The van der Waals surface area contributed by atoms with Gasteiger partial charge in [-0.3, -0.25) is 4.98 Å². The molecule has 48 heavy (non-hydrogen) atoms. The van der Waals surface area contributed by atoms with Gasteiger partial charge in [-0.2, -0.15) is 0 Å². The molecule has 3 aromatic heterocycles. The van der Waals surface area contributed by atoms with Crippen molar-refractivity contribution in [3.8, 4) is 11.3 Å². The van der Waals surface area contributed by atoms with Crippen LogP contribution in [0.25, 0.3) is 65.9 Å². The molecule has 226 valence electrons. The summed E-state index contributed by atoms with van der Waals surface area (Å²) in [6.07, 6.45) is 1.42. The molecule has 4 heterocycles. The third-order valence-electron chi connectivity index (χ3n) is 9.18. The minimum absolute atomic E-state index is 0.479. The van der Waals surface area contributed by atoms with Gasteiger partial charge in [-0.1, -0.05) is 109 Å². The van der Waals surface area contributed by atoms with E-state index in [-0.39, 0.29) is 0 Å². The number of hydrogen-bond acceptors (Lipinski definition) is 6. The lowest BCUT2D eigenvalue weighted by Gasteiger charge is -2.22. The van der Waals surface area contributed by atoms with Gasteiger partial charge in [0.25, 0.3) is 0 Å². The van der Waals surface area contributed by atoms with Crippen molar-refractivity contribution in [1.82, 2.24) is 10.3 Å². The molecule has 0 radical (unpaired) electrons. The summed E-state index contributed by atoms with van der Waals surface area (Å²) in [6, 6.07) is 47.3. The minimum Gasteiger partial charge on any atom is -0.456 e. The molecule has 0 aliphatic carbocycles. The van der Waals surface area contributed by atoms with E-state index in [4.69, 9.17) is 23.8 Å². The molecule has 6 nitrogen and oxygen atoms in total. The van der Waals surface area contributed by atoms with E-state index in [9.17, 15) is 0 Å². The Kier molecular flexibility index (Phi) is 5.84. The maximum Gasteiger partial charge on any atom is 0.170 e. The van der Waals surface area contributed by atoms with E-state index in [1.165, 1.54) is 10.8 Å². The van der Waals surface area contributed by atoms with Crippen LogP contribution >= 0.6 is 0 Å². The van der Waals surface area contributed by atoms with Gasteiger partial charge < -0.3 is 14.2 Å². The van der Waals surface area contributed by atoms with Crippen LogP contribution in [0.2, 0.25) is 0 Å². The number of amidine groups is 2. The first-order valence-corrected chi connectivity index (χ1v) is 16.0. The fourth-order valence-corrected chi connectivity index (χ4v) is 6.90. The zero-order chi connectivity index (χ0) is 31.6. The highest BCUT2D eigenvalue weighted by molar-refractivity contribution is 6.19. The molecule has 0 unspecified atom stereocenters. The smallest absolute Gasteiger partial charge is 0.170 e. The quantitative estimate of drug-likeness (QED) is 0.213. The molecule has 0 saturated carbocycles. The standard InChI is InChI=1S/C42H26N4O2/c1-3-11-26(12-4-1)40-44-41(27-13-5-2-6-14-27)46-42(45-40)31-16-9-17-34-39(31)32-24-43-33(23-37(32)47-34)28-18-20-30-36(22-28)48-35-21-19-25-10-7-8-15-29(25)38(30)35/h1-24,42H,(H,44,45,46). The molecule has 1 aliphatic heterocycles. The predicted molar refractivity (Wildman–Crippen MR) is 194 cm³/mol. The first kappa shape index (κ1) is 26.7. The number of nitrogens with zero attached hydrogens (tertiary/aromatic N) is 3. The van der Waals surface area contributed by atoms with Gasteiger partial charge in [0.2, 0.25) is 0 Å². The van der Waals surface area contributed by atoms with Crippen molar-refractivity contribution in [3.63, 3.8) is 0 Å². The average molecular weight is 619 g/mol. The number of benzene rings is 6. The van der Waals surface area contributed by atoms with Crippen LogP contribution < -0.4 is 5.32 Å². The van der Waals surface area contributed by atoms with Gasteiger partial charge in [-0.05, 0) is 35.0 Å². The fourth-order valence-electron chi connectivity index (χ4n) is 6.90. The van der Waals surface area contributed by atoms with Crippen LogP contribution in [0.4, 0.5) is 0 Å². The molecule has 6 aromatic carbocycles. The van der Waals surface area contributed by atoms with Crippen molar-refractivity contribution >= 4 is 66.3 Å². The van der Waals surface area contributed by atoms with Crippen LogP contribution in [-0.4, -0.2) is 16.7 Å². The highest BCUT2D eigenvalue weighted by Crippen LogP contribution is 2.39. The SMILES string of the molecule is c1ccc(C2=NC(c3cccc4oc5cc(-c6ccc7c(c6)oc6ccc8ccccc8c67)ncc5c34)N=C(c3ccccc3)N2)cc1. The minimum atomic E-state index is -0.479. The number of fused-ring (bicyclic) bond motifs is 8. The van der Waals surface area contributed by atoms with Gasteiger partial charge in [-0.25, -0.2) is 9.98 Å². The van der Waals surface area contributed by atoms with Gasteiger partial charge in [0.15, 0.2) is 6.17 Å². The third kappa shape index (κ3) is 4.23. The molecule has 6 heteroatoms. The third-order valence-corrected chi connectivity index (χ3v) is 9.18. The summed E-state index contributed by atoms with van der Waals surface area (Å²) in [5, 5.41) is 9.97. The van der Waals surface area contributed by atoms with Gasteiger partial charge in [0.1, 0.15) is 34.0 Å². The summed E-state index contributed by atoms with van der Waals surface area (Å²) >= 11 is 0. The van der Waals surface area contributed by atoms with E-state index < -0.39 is 6.17 Å². The van der Waals surface area contributed by atoms with Crippen LogP contribution in [0, 0.1) is 0 Å². The van der Waals surface area contributed by atoms with E-state index in [2.05, 4.69) is 90.2 Å². The van der Waals surface area contributed by atoms with E-state index in [0.29, 0.717) is 0 Å². The summed E-state index contributed by atoms with van der Waals surface area (Å²) in [5.74, 6) is 1.54. The maximum absolute atomic E-state index is 6.48. The van der Waals surface area contributed by atoms with E-state index in [1.807, 2.05) is 60.8 Å². The normalized spacial score (nSPS) is 13.8. The van der Waals surface area contributed by atoms with Gasteiger partial charge in [0.05, 0.1) is 5.69 Å². The van der Waals surface area contributed by atoms with Crippen molar-refractivity contribution in [2.45, 2.75) is 6.17 Å². The van der Waals surface area contributed by atoms with Crippen LogP contribution in [0.1, 0.15) is 22.9 Å². The Morgan fingerprint density at radius 2 is 1.17 bits per heavy atom. The molecule has 10 rings (SSSR count). The largest absolute Gasteiger partial charge is 0.456 e. The Bertz CT molecular complexity index is 2700. The lowest BCUT2D eigenvalue weighted by molar-refractivity contribution is 0.667.